The highest BCUT2D eigenvalue weighted by Crippen LogP contribution is 2.32. The fourth-order valence-electron chi connectivity index (χ4n) is 1.52. The second kappa shape index (κ2) is 5.80. The summed E-state index contributed by atoms with van der Waals surface area (Å²) < 4.78 is 1.06. The molecule has 2 atom stereocenters. The Labute approximate surface area is 108 Å². The van der Waals surface area contributed by atoms with Crippen LogP contribution in [0, 0.1) is 5.92 Å². The average Bonchev–Trinajstić information content (AvgIpc) is 2.59. The van der Waals surface area contributed by atoms with E-state index >= 15 is 0 Å². The maximum atomic E-state index is 10.9. The zero-order valence-electron chi connectivity index (χ0n) is 9.61. The Morgan fingerprint density at radius 1 is 1.62 bits per heavy atom. The third kappa shape index (κ3) is 3.57. The van der Waals surface area contributed by atoms with Crippen LogP contribution in [0.5, 0.6) is 0 Å². The number of hydrogen-bond donors (Lipinski definition) is 1. The molecule has 0 amide bonds. The lowest BCUT2D eigenvalue weighted by Gasteiger charge is -2.24. The van der Waals surface area contributed by atoms with E-state index in [-0.39, 0.29) is 12.0 Å². The summed E-state index contributed by atoms with van der Waals surface area (Å²) in [7, 11) is 3.96. The molecule has 90 valence electrons. The molecule has 1 aromatic heterocycles. The monoisotopic (exact) mass is 305 g/mol. The Morgan fingerprint density at radius 3 is 2.62 bits per heavy atom. The van der Waals surface area contributed by atoms with Gasteiger partial charge in [-0.15, -0.1) is 11.3 Å². The Hall–Kier alpha value is -0.390. The lowest BCUT2D eigenvalue weighted by Crippen LogP contribution is -2.23. The molecule has 0 aromatic carbocycles. The molecule has 1 rings (SSSR count). The molecule has 1 heterocycles. The first-order valence-corrected chi connectivity index (χ1v) is 6.72. The van der Waals surface area contributed by atoms with Gasteiger partial charge in [0.1, 0.15) is 0 Å². The predicted octanol–water partition coefficient (Wildman–Crippen LogP) is 3.22. The topological polar surface area (TPSA) is 40.5 Å². The lowest BCUT2D eigenvalue weighted by atomic mass is 10.00. The second-order valence-electron chi connectivity index (χ2n) is 4.12. The molecule has 0 radical (unpaired) electrons. The van der Waals surface area contributed by atoms with Crippen molar-refractivity contribution in [3.63, 3.8) is 0 Å². The molecule has 0 spiro atoms. The van der Waals surface area contributed by atoms with Gasteiger partial charge in [0.25, 0.3) is 0 Å². The molecule has 2 unspecified atom stereocenters. The minimum Gasteiger partial charge on any atom is -0.481 e. The van der Waals surface area contributed by atoms with Crippen LogP contribution < -0.4 is 0 Å². The molecule has 16 heavy (non-hydrogen) atoms. The predicted molar refractivity (Wildman–Crippen MR) is 69.9 cm³/mol. The zero-order chi connectivity index (χ0) is 12.3. The highest BCUT2D eigenvalue weighted by atomic mass is 79.9. The van der Waals surface area contributed by atoms with E-state index in [4.69, 9.17) is 5.11 Å². The van der Waals surface area contributed by atoms with Crippen LogP contribution in [-0.4, -0.2) is 30.1 Å². The van der Waals surface area contributed by atoms with Gasteiger partial charge in [-0.2, -0.15) is 0 Å². The smallest absolute Gasteiger partial charge is 0.306 e. The molecule has 0 saturated carbocycles. The normalized spacial score (nSPS) is 15.1. The van der Waals surface area contributed by atoms with Crippen molar-refractivity contribution in [3.8, 4) is 0 Å². The van der Waals surface area contributed by atoms with Crippen molar-refractivity contribution in [2.75, 3.05) is 14.1 Å². The number of halogens is 1. The average molecular weight is 306 g/mol. The largest absolute Gasteiger partial charge is 0.481 e. The molecule has 1 N–H and O–H groups in total. The Balaban J connectivity index is 2.80. The Bertz CT molecular complexity index is 365. The summed E-state index contributed by atoms with van der Waals surface area (Å²) in [5, 5.41) is 11.0. The summed E-state index contributed by atoms with van der Waals surface area (Å²) in [6, 6.07) is 2.23. The first kappa shape index (κ1) is 13.7. The van der Waals surface area contributed by atoms with Crippen LogP contribution in [0.25, 0.3) is 0 Å². The van der Waals surface area contributed by atoms with E-state index in [1.807, 2.05) is 19.5 Å². The number of aliphatic carboxylic acids is 1. The zero-order valence-corrected chi connectivity index (χ0v) is 12.0. The van der Waals surface area contributed by atoms with Crippen LogP contribution in [0.15, 0.2) is 15.9 Å². The van der Waals surface area contributed by atoms with Gasteiger partial charge in [0.2, 0.25) is 0 Å². The number of hydrogen-bond acceptors (Lipinski definition) is 3. The molecule has 0 aliphatic heterocycles. The van der Waals surface area contributed by atoms with Crippen LogP contribution in [0.1, 0.15) is 24.3 Å². The first-order valence-electron chi connectivity index (χ1n) is 5.05. The summed E-state index contributed by atoms with van der Waals surface area (Å²) in [5.41, 5.74) is 0. The lowest BCUT2D eigenvalue weighted by molar-refractivity contribution is -0.141. The molecule has 0 bridgehead atoms. The van der Waals surface area contributed by atoms with E-state index < -0.39 is 5.97 Å². The van der Waals surface area contributed by atoms with Crippen molar-refractivity contribution in [2.45, 2.75) is 19.4 Å². The molecular weight excluding hydrogens is 290 g/mol. The van der Waals surface area contributed by atoms with Gasteiger partial charge in [-0.1, -0.05) is 6.92 Å². The molecule has 1 aromatic rings. The highest BCUT2D eigenvalue weighted by molar-refractivity contribution is 9.10. The summed E-state index contributed by atoms with van der Waals surface area (Å²) in [6.45, 7) is 1.75. The van der Waals surface area contributed by atoms with Crippen LogP contribution in [-0.2, 0) is 4.79 Å². The minimum atomic E-state index is -0.734. The fourth-order valence-corrected chi connectivity index (χ4v) is 3.17. The van der Waals surface area contributed by atoms with Gasteiger partial charge in [-0.3, -0.25) is 4.79 Å². The maximum absolute atomic E-state index is 10.9. The second-order valence-corrected chi connectivity index (χ2v) is 5.98. The van der Waals surface area contributed by atoms with E-state index in [9.17, 15) is 4.79 Å². The van der Waals surface area contributed by atoms with Gasteiger partial charge < -0.3 is 10.0 Å². The van der Waals surface area contributed by atoms with Crippen LogP contribution in [0.4, 0.5) is 0 Å². The minimum absolute atomic E-state index is 0.169. The van der Waals surface area contributed by atoms with Crippen LogP contribution >= 0.6 is 27.3 Å². The van der Waals surface area contributed by atoms with Crippen molar-refractivity contribution < 1.29 is 9.90 Å². The molecule has 0 fully saturated rings. The summed E-state index contributed by atoms with van der Waals surface area (Å²) in [4.78, 5) is 14.1. The number of rotatable bonds is 5. The van der Waals surface area contributed by atoms with Crippen molar-refractivity contribution in [1.82, 2.24) is 4.90 Å². The molecule has 0 aliphatic rings. The summed E-state index contributed by atoms with van der Waals surface area (Å²) >= 11 is 5.08. The molecule has 3 nitrogen and oxygen atoms in total. The number of thiophene rings is 1. The quantitative estimate of drug-likeness (QED) is 0.908. The Morgan fingerprint density at radius 2 is 2.25 bits per heavy atom. The van der Waals surface area contributed by atoms with Gasteiger partial charge in [-0.25, -0.2) is 0 Å². The molecule has 0 aliphatic carbocycles. The molecule has 0 saturated heterocycles. The molecule has 5 heteroatoms. The van der Waals surface area contributed by atoms with Gasteiger partial charge in [-0.05, 0) is 42.5 Å². The maximum Gasteiger partial charge on any atom is 0.306 e. The summed E-state index contributed by atoms with van der Waals surface area (Å²) in [6.07, 6.45) is 0.634. The highest BCUT2D eigenvalue weighted by Gasteiger charge is 2.22. The van der Waals surface area contributed by atoms with Crippen molar-refractivity contribution in [3.05, 3.63) is 20.8 Å². The van der Waals surface area contributed by atoms with E-state index in [0.717, 1.165) is 4.47 Å². The third-order valence-corrected chi connectivity index (χ3v) is 4.33. The van der Waals surface area contributed by atoms with E-state index in [2.05, 4.69) is 26.9 Å². The van der Waals surface area contributed by atoms with Crippen molar-refractivity contribution in [2.24, 2.45) is 5.92 Å². The first-order chi connectivity index (χ1) is 7.41. The van der Waals surface area contributed by atoms with E-state index in [1.54, 1.807) is 18.3 Å². The van der Waals surface area contributed by atoms with Gasteiger partial charge in [0.05, 0.1) is 5.92 Å². The van der Waals surface area contributed by atoms with Crippen LogP contribution in [0.3, 0.4) is 0 Å². The van der Waals surface area contributed by atoms with Gasteiger partial charge in [0, 0.05) is 20.8 Å². The van der Waals surface area contributed by atoms with E-state index in [0.29, 0.717) is 6.42 Å². The van der Waals surface area contributed by atoms with Crippen molar-refractivity contribution in [1.29, 1.82) is 0 Å². The number of carboxylic acid groups (broad SMARTS) is 1. The number of carbonyl (C=O) groups is 1. The van der Waals surface area contributed by atoms with Gasteiger partial charge >= 0.3 is 5.97 Å². The number of carboxylic acids is 1. The third-order valence-electron chi connectivity index (χ3n) is 2.54. The van der Waals surface area contributed by atoms with Gasteiger partial charge in [0.15, 0.2) is 0 Å². The fraction of sp³-hybridized carbons (Fsp3) is 0.545. The SMILES string of the molecule is CC(CC(c1cc(Br)cs1)N(C)C)C(=O)O. The molecular formula is C11H16BrNO2S. The Kier molecular flexibility index (Phi) is 4.95. The van der Waals surface area contributed by atoms with Crippen LogP contribution in [0.2, 0.25) is 0 Å². The number of nitrogens with zero attached hydrogens (tertiary/aromatic N) is 1. The standard InChI is InChI=1S/C11H16BrNO2S/c1-7(11(14)15)4-9(13(2)3)10-5-8(12)6-16-10/h5-7,9H,4H2,1-3H3,(H,14,15). The summed E-state index contributed by atoms with van der Waals surface area (Å²) in [5.74, 6) is -1.06. The van der Waals surface area contributed by atoms with Crippen molar-refractivity contribution >= 4 is 33.2 Å². The van der Waals surface area contributed by atoms with E-state index in [1.165, 1.54) is 4.88 Å².